The van der Waals surface area contributed by atoms with Crippen molar-refractivity contribution in [2.75, 3.05) is 6.54 Å². The summed E-state index contributed by atoms with van der Waals surface area (Å²) in [6.07, 6.45) is 3.05. The molecule has 2 aromatic carbocycles. The lowest BCUT2D eigenvalue weighted by Gasteiger charge is -2.35. The largest absolute Gasteiger partial charge is 0.458 e. The van der Waals surface area contributed by atoms with Crippen LogP contribution in [0.1, 0.15) is 117 Å². The van der Waals surface area contributed by atoms with Crippen molar-refractivity contribution in [2.45, 2.75) is 136 Å². The molecule has 276 valence electrons. The zero-order valence-electron chi connectivity index (χ0n) is 31.2. The number of benzene rings is 2. The van der Waals surface area contributed by atoms with Crippen LogP contribution < -0.4 is 16.4 Å². The Morgan fingerprint density at radius 3 is 1.92 bits per heavy atom. The summed E-state index contributed by atoms with van der Waals surface area (Å²) in [5.74, 6) is -2.42. The molecule has 0 aliphatic heterocycles. The van der Waals surface area contributed by atoms with E-state index in [1.165, 1.54) is 4.90 Å². The molecule has 4 N–H and O–H groups in total. The lowest BCUT2D eigenvalue weighted by molar-refractivity contribution is -0.159. The molecular weight excluding hydrogens is 636 g/mol. The molecule has 0 spiro atoms. The number of carbonyl (C=O) groups is 5. The molecule has 0 aliphatic rings. The molecule has 0 saturated carbocycles. The molecule has 0 radical (unpaired) electrons. The summed E-state index contributed by atoms with van der Waals surface area (Å²) in [6, 6.07) is 13.2. The number of aryl methyl sites for hydroxylation is 1. The van der Waals surface area contributed by atoms with Gasteiger partial charge in [0.05, 0.1) is 0 Å². The van der Waals surface area contributed by atoms with E-state index >= 15 is 0 Å². The van der Waals surface area contributed by atoms with E-state index in [4.69, 9.17) is 15.2 Å². The normalized spacial score (nSPS) is 13.4. The van der Waals surface area contributed by atoms with Crippen LogP contribution in [0.25, 0.3) is 0 Å². The van der Waals surface area contributed by atoms with Gasteiger partial charge >= 0.3 is 12.1 Å². The minimum Gasteiger partial charge on any atom is -0.458 e. The smallest absolute Gasteiger partial charge is 0.408 e. The number of hydrogen-bond donors (Lipinski definition) is 3. The number of nitrogens with one attached hydrogen (secondary N) is 2. The number of nitrogens with zero attached hydrogens (tertiary/aromatic N) is 1. The fourth-order valence-electron chi connectivity index (χ4n) is 5.34. The topological polar surface area (TPSA) is 157 Å². The molecule has 11 nitrogen and oxygen atoms in total. The van der Waals surface area contributed by atoms with Crippen LogP contribution in [-0.4, -0.2) is 64.5 Å². The Morgan fingerprint density at radius 2 is 1.38 bits per heavy atom. The first-order valence-corrected chi connectivity index (χ1v) is 17.7. The predicted molar refractivity (Wildman–Crippen MR) is 194 cm³/mol. The maximum absolute atomic E-state index is 14.6. The van der Waals surface area contributed by atoms with Crippen molar-refractivity contribution in [1.29, 1.82) is 0 Å². The standard InChI is InChI=1S/C39H58N4O7/c1-9-11-12-16-25-43(35(46)30(23-24-32(40)44)42-37(48)50-39(6,7)8)33(29-21-19-27(10-2)20-22-29)34(45)41-31(36(47)49-38(3,4)5)26-28-17-14-13-15-18-28/h13-15,17-22,30-31,33H,9-12,16,23-26H2,1-8H3,(H2,40,44)(H,41,45)(H,42,48). The van der Waals surface area contributed by atoms with E-state index < -0.39 is 59.1 Å². The number of nitrogens with two attached hydrogens (primary N) is 1. The third-order valence-corrected chi connectivity index (χ3v) is 7.76. The lowest BCUT2D eigenvalue weighted by atomic mass is 9.98. The summed E-state index contributed by atoms with van der Waals surface area (Å²) < 4.78 is 11.2. The number of ether oxygens (including phenoxy) is 2. The van der Waals surface area contributed by atoms with Gasteiger partial charge in [0.15, 0.2) is 0 Å². The van der Waals surface area contributed by atoms with Crippen molar-refractivity contribution in [1.82, 2.24) is 15.5 Å². The van der Waals surface area contributed by atoms with Crippen LogP contribution in [0.5, 0.6) is 0 Å². The highest BCUT2D eigenvalue weighted by Gasteiger charge is 2.38. The van der Waals surface area contributed by atoms with Gasteiger partial charge in [-0.25, -0.2) is 9.59 Å². The first kappa shape index (κ1) is 41.8. The summed E-state index contributed by atoms with van der Waals surface area (Å²) in [5, 5.41) is 5.55. The second kappa shape index (κ2) is 19.7. The van der Waals surface area contributed by atoms with Gasteiger partial charge in [0.2, 0.25) is 17.7 Å². The van der Waals surface area contributed by atoms with Crippen LogP contribution >= 0.6 is 0 Å². The number of carbonyl (C=O) groups excluding carboxylic acids is 5. The van der Waals surface area contributed by atoms with Crippen molar-refractivity contribution < 1.29 is 33.4 Å². The lowest BCUT2D eigenvalue weighted by Crippen LogP contribution is -2.55. The Labute approximate surface area is 298 Å². The van der Waals surface area contributed by atoms with Crippen molar-refractivity contribution >= 4 is 29.8 Å². The monoisotopic (exact) mass is 694 g/mol. The van der Waals surface area contributed by atoms with Crippen LogP contribution in [-0.2, 0) is 41.5 Å². The summed E-state index contributed by atoms with van der Waals surface area (Å²) in [5.41, 5.74) is 6.18. The first-order valence-electron chi connectivity index (χ1n) is 17.7. The number of rotatable bonds is 18. The molecule has 2 aromatic rings. The molecule has 2 rings (SSSR count). The van der Waals surface area contributed by atoms with Gasteiger partial charge in [0.25, 0.3) is 0 Å². The van der Waals surface area contributed by atoms with Crippen molar-refractivity contribution in [3.05, 3.63) is 71.3 Å². The maximum atomic E-state index is 14.6. The van der Waals surface area contributed by atoms with E-state index in [1.807, 2.05) is 49.4 Å². The van der Waals surface area contributed by atoms with E-state index in [0.717, 1.165) is 36.8 Å². The Bertz CT molecular complexity index is 1400. The SMILES string of the molecule is CCCCCCN(C(=O)C(CCC(N)=O)NC(=O)OC(C)(C)C)C(C(=O)NC(Cc1ccccc1)C(=O)OC(C)(C)C)c1ccc(CC)cc1. The second-order valence-electron chi connectivity index (χ2n) is 14.6. The van der Waals surface area contributed by atoms with Gasteiger partial charge in [0, 0.05) is 19.4 Å². The van der Waals surface area contributed by atoms with Crippen molar-refractivity contribution in [3.8, 4) is 0 Å². The van der Waals surface area contributed by atoms with Crippen LogP contribution in [0, 0.1) is 0 Å². The molecule has 0 saturated heterocycles. The number of unbranched alkanes of at least 4 members (excludes halogenated alkanes) is 3. The average molecular weight is 695 g/mol. The van der Waals surface area contributed by atoms with E-state index in [1.54, 1.807) is 53.7 Å². The van der Waals surface area contributed by atoms with Crippen molar-refractivity contribution in [3.63, 3.8) is 0 Å². The van der Waals surface area contributed by atoms with Crippen LogP contribution in [0.3, 0.4) is 0 Å². The highest BCUT2D eigenvalue weighted by molar-refractivity contribution is 5.94. The van der Waals surface area contributed by atoms with Crippen LogP contribution in [0.15, 0.2) is 54.6 Å². The van der Waals surface area contributed by atoms with E-state index in [0.29, 0.717) is 12.0 Å². The van der Waals surface area contributed by atoms with E-state index in [-0.39, 0.29) is 25.8 Å². The highest BCUT2D eigenvalue weighted by atomic mass is 16.6. The van der Waals surface area contributed by atoms with Gasteiger partial charge in [-0.3, -0.25) is 14.4 Å². The maximum Gasteiger partial charge on any atom is 0.408 e. The molecule has 0 aromatic heterocycles. The van der Waals surface area contributed by atoms with Gasteiger partial charge in [-0.2, -0.15) is 0 Å². The minimum atomic E-state index is -1.22. The number of hydrogen-bond acceptors (Lipinski definition) is 7. The third kappa shape index (κ3) is 15.0. The Hall–Kier alpha value is -4.41. The molecule has 0 aliphatic carbocycles. The number of amides is 4. The summed E-state index contributed by atoms with van der Waals surface area (Å²) >= 11 is 0. The van der Waals surface area contributed by atoms with E-state index in [2.05, 4.69) is 17.6 Å². The first-order chi connectivity index (χ1) is 23.4. The fraction of sp³-hybridized carbons (Fsp3) is 0.564. The molecule has 0 bridgehead atoms. The van der Waals surface area contributed by atoms with Gasteiger partial charge in [-0.15, -0.1) is 0 Å². The van der Waals surface area contributed by atoms with Gasteiger partial charge < -0.3 is 30.7 Å². The summed E-state index contributed by atoms with van der Waals surface area (Å²) in [4.78, 5) is 69.0. The second-order valence-corrected chi connectivity index (χ2v) is 14.6. The molecule has 50 heavy (non-hydrogen) atoms. The van der Waals surface area contributed by atoms with Crippen LogP contribution in [0.4, 0.5) is 4.79 Å². The van der Waals surface area contributed by atoms with E-state index in [9.17, 15) is 24.0 Å². The molecule has 0 heterocycles. The Morgan fingerprint density at radius 1 is 0.760 bits per heavy atom. The Kier molecular flexibility index (Phi) is 16.4. The third-order valence-electron chi connectivity index (χ3n) is 7.76. The molecule has 3 atom stereocenters. The molecular formula is C39H58N4O7. The predicted octanol–water partition coefficient (Wildman–Crippen LogP) is 5.93. The zero-order chi connectivity index (χ0) is 37.5. The van der Waals surface area contributed by atoms with Gasteiger partial charge in [-0.1, -0.05) is 87.7 Å². The quantitative estimate of drug-likeness (QED) is 0.129. The van der Waals surface area contributed by atoms with Gasteiger partial charge in [0.1, 0.15) is 29.3 Å². The number of alkyl carbamates (subject to hydrolysis) is 1. The molecule has 11 heteroatoms. The minimum absolute atomic E-state index is 0.101. The molecule has 4 amide bonds. The molecule has 0 fully saturated rings. The van der Waals surface area contributed by atoms with Crippen LogP contribution in [0.2, 0.25) is 0 Å². The zero-order valence-corrected chi connectivity index (χ0v) is 31.2. The molecule has 3 unspecified atom stereocenters. The fourth-order valence-corrected chi connectivity index (χ4v) is 5.34. The van der Waals surface area contributed by atoms with Crippen molar-refractivity contribution in [2.24, 2.45) is 5.73 Å². The average Bonchev–Trinajstić information content (AvgIpc) is 3.02. The number of primary amides is 1. The number of esters is 1. The highest BCUT2D eigenvalue weighted by Crippen LogP contribution is 2.26. The summed E-state index contributed by atoms with van der Waals surface area (Å²) in [7, 11) is 0. The Balaban J connectivity index is 2.66. The summed E-state index contributed by atoms with van der Waals surface area (Å²) in [6.45, 7) is 14.6. The van der Waals surface area contributed by atoms with Gasteiger partial charge in [-0.05, 0) is 77.5 Å².